The largest absolute Gasteiger partial charge is 0.494 e. The summed E-state index contributed by atoms with van der Waals surface area (Å²) in [5, 5.41) is 3.62. The fourth-order valence-corrected chi connectivity index (χ4v) is 3.10. The summed E-state index contributed by atoms with van der Waals surface area (Å²) in [6, 6.07) is 8.54. The maximum Gasteiger partial charge on any atom is 0.119 e. The highest BCUT2D eigenvalue weighted by Crippen LogP contribution is 2.23. The van der Waals surface area contributed by atoms with Crippen LogP contribution in [0.2, 0.25) is 0 Å². The topological polar surface area (TPSA) is 21.3 Å². The molecular formula is C19H31NO. The lowest BCUT2D eigenvalue weighted by Crippen LogP contribution is -2.24. The van der Waals surface area contributed by atoms with Gasteiger partial charge in [-0.2, -0.15) is 0 Å². The summed E-state index contributed by atoms with van der Waals surface area (Å²) in [6.45, 7) is 5.19. The van der Waals surface area contributed by atoms with Crippen LogP contribution in [0.4, 0.5) is 0 Å². The molecule has 2 heteroatoms. The Hall–Kier alpha value is -1.02. The second kappa shape index (κ2) is 9.83. The smallest absolute Gasteiger partial charge is 0.119 e. The number of hydrogen-bond acceptors (Lipinski definition) is 2. The highest BCUT2D eigenvalue weighted by atomic mass is 16.5. The van der Waals surface area contributed by atoms with Gasteiger partial charge in [0.05, 0.1) is 6.61 Å². The second-order valence-corrected chi connectivity index (χ2v) is 6.34. The number of rotatable bonds is 9. The van der Waals surface area contributed by atoms with Crippen LogP contribution in [0, 0.1) is 5.92 Å². The maximum absolute atomic E-state index is 5.82. The minimum absolute atomic E-state index is 0.840. The second-order valence-electron chi connectivity index (χ2n) is 6.34. The van der Waals surface area contributed by atoms with Crippen molar-refractivity contribution < 1.29 is 4.74 Å². The molecule has 1 saturated carbocycles. The van der Waals surface area contributed by atoms with E-state index in [4.69, 9.17) is 4.74 Å². The summed E-state index contributed by atoms with van der Waals surface area (Å²) in [5.41, 5.74) is 1.33. The lowest BCUT2D eigenvalue weighted by Gasteiger charge is -2.21. The SMILES string of the molecule is CCCCCOc1cccc(CNCC2CCCCC2)c1. The van der Waals surface area contributed by atoms with Crippen molar-refractivity contribution in [3.8, 4) is 5.75 Å². The Morgan fingerprint density at radius 2 is 2.00 bits per heavy atom. The van der Waals surface area contributed by atoms with Crippen molar-refractivity contribution in [2.45, 2.75) is 64.8 Å². The van der Waals surface area contributed by atoms with E-state index in [0.717, 1.165) is 31.2 Å². The number of benzene rings is 1. The van der Waals surface area contributed by atoms with Crippen molar-refractivity contribution >= 4 is 0 Å². The number of nitrogens with one attached hydrogen (secondary N) is 1. The Morgan fingerprint density at radius 3 is 2.81 bits per heavy atom. The van der Waals surface area contributed by atoms with Crippen LogP contribution in [0.25, 0.3) is 0 Å². The standard InChI is InChI=1S/C19H31NO/c1-2-3-7-13-21-19-12-8-11-18(14-19)16-20-15-17-9-5-4-6-10-17/h8,11-12,14,17,20H,2-7,9-10,13,15-16H2,1H3. The third-order valence-corrected chi connectivity index (χ3v) is 4.40. The van der Waals surface area contributed by atoms with E-state index in [0.29, 0.717) is 0 Å². The normalized spacial score (nSPS) is 16.0. The average molecular weight is 289 g/mol. The highest BCUT2D eigenvalue weighted by molar-refractivity contribution is 5.28. The lowest BCUT2D eigenvalue weighted by molar-refractivity contribution is 0.305. The fraction of sp³-hybridized carbons (Fsp3) is 0.684. The van der Waals surface area contributed by atoms with Crippen molar-refractivity contribution in [3.05, 3.63) is 29.8 Å². The predicted molar refractivity (Wildman–Crippen MR) is 89.7 cm³/mol. The van der Waals surface area contributed by atoms with Gasteiger partial charge in [-0.3, -0.25) is 0 Å². The zero-order chi connectivity index (χ0) is 14.8. The fourth-order valence-electron chi connectivity index (χ4n) is 3.10. The van der Waals surface area contributed by atoms with Crippen LogP contribution in [-0.4, -0.2) is 13.2 Å². The van der Waals surface area contributed by atoms with Gasteiger partial charge in [0.15, 0.2) is 0 Å². The number of hydrogen-bond donors (Lipinski definition) is 1. The first-order valence-corrected chi connectivity index (χ1v) is 8.81. The molecule has 0 spiro atoms. The predicted octanol–water partition coefficient (Wildman–Crippen LogP) is 4.93. The van der Waals surface area contributed by atoms with Crippen molar-refractivity contribution in [1.29, 1.82) is 0 Å². The summed E-state index contributed by atoms with van der Waals surface area (Å²) in [4.78, 5) is 0. The summed E-state index contributed by atoms with van der Waals surface area (Å²) < 4.78 is 5.82. The molecule has 0 atom stereocenters. The van der Waals surface area contributed by atoms with Crippen LogP contribution < -0.4 is 10.1 Å². The van der Waals surface area contributed by atoms with Gasteiger partial charge in [-0.25, -0.2) is 0 Å². The van der Waals surface area contributed by atoms with Gasteiger partial charge in [-0.1, -0.05) is 51.2 Å². The van der Waals surface area contributed by atoms with Crippen LogP contribution in [0.5, 0.6) is 5.75 Å². The first-order valence-electron chi connectivity index (χ1n) is 8.81. The minimum atomic E-state index is 0.840. The molecular weight excluding hydrogens is 258 g/mol. The molecule has 0 amide bonds. The average Bonchev–Trinajstić information content (AvgIpc) is 2.53. The summed E-state index contributed by atoms with van der Waals surface area (Å²) in [7, 11) is 0. The minimum Gasteiger partial charge on any atom is -0.494 e. The Morgan fingerprint density at radius 1 is 1.14 bits per heavy atom. The van der Waals surface area contributed by atoms with Gasteiger partial charge in [-0.15, -0.1) is 0 Å². The van der Waals surface area contributed by atoms with E-state index in [1.807, 2.05) is 0 Å². The van der Waals surface area contributed by atoms with Gasteiger partial charge >= 0.3 is 0 Å². The van der Waals surface area contributed by atoms with E-state index in [1.54, 1.807) is 0 Å². The van der Waals surface area contributed by atoms with E-state index >= 15 is 0 Å². The van der Waals surface area contributed by atoms with Gasteiger partial charge in [0, 0.05) is 6.54 Å². The molecule has 118 valence electrons. The van der Waals surface area contributed by atoms with Crippen LogP contribution in [-0.2, 0) is 6.54 Å². The zero-order valence-electron chi connectivity index (χ0n) is 13.6. The molecule has 0 bridgehead atoms. The number of ether oxygens (including phenoxy) is 1. The molecule has 0 unspecified atom stereocenters. The van der Waals surface area contributed by atoms with Crippen molar-refractivity contribution in [2.24, 2.45) is 5.92 Å². The molecule has 2 rings (SSSR count). The van der Waals surface area contributed by atoms with E-state index in [-0.39, 0.29) is 0 Å². The Kier molecular flexibility index (Phi) is 7.66. The van der Waals surface area contributed by atoms with Crippen molar-refractivity contribution in [1.82, 2.24) is 5.32 Å². The van der Waals surface area contributed by atoms with Gasteiger partial charge in [0.25, 0.3) is 0 Å². The Bertz CT molecular complexity index is 385. The van der Waals surface area contributed by atoms with E-state index in [1.165, 1.54) is 57.1 Å². The van der Waals surface area contributed by atoms with Crippen LogP contribution in [0.3, 0.4) is 0 Å². The molecule has 21 heavy (non-hydrogen) atoms. The third-order valence-electron chi connectivity index (χ3n) is 4.40. The molecule has 1 N–H and O–H groups in total. The van der Waals surface area contributed by atoms with Crippen molar-refractivity contribution in [2.75, 3.05) is 13.2 Å². The molecule has 0 radical (unpaired) electrons. The third kappa shape index (κ3) is 6.52. The first kappa shape index (κ1) is 16.4. The molecule has 2 nitrogen and oxygen atoms in total. The van der Waals surface area contributed by atoms with E-state index in [2.05, 4.69) is 36.5 Å². The van der Waals surface area contributed by atoms with Gasteiger partial charge in [0.2, 0.25) is 0 Å². The molecule has 1 aliphatic rings. The molecule has 0 aliphatic heterocycles. The van der Waals surface area contributed by atoms with Gasteiger partial charge in [0.1, 0.15) is 5.75 Å². The van der Waals surface area contributed by atoms with Gasteiger partial charge < -0.3 is 10.1 Å². The Labute approximate surface area is 130 Å². The summed E-state index contributed by atoms with van der Waals surface area (Å²) >= 11 is 0. The number of unbranched alkanes of at least 4 members (excludes halogenated alkanes) is 2. The monoisotopic (exact) mass is 289 g/mol. The molecule has 0 saturated heterocycles. The maximum atomic E-state index is 5.82. The lowest BCUT2D eigenvalue weighted by atomic mass is 9.89. The first-order chi connectivity index (χ1) is 10.4. The molecule has 0 aromatic heterocycles. The van der Waals surface area contributed by atoms with Crippen LogP contribution in [0.1, 0.15) is 63.9 Å². The van der Waals surface area contributed by atoms with E-state index < -0.39 is 0 Å². The quantitative estimate of drug-likeness (QED) is 0.651. The molecule has 1 aromatic rings. The van der Waals surface area contributed by atoms with E-state index in [9.17, 15) is 0 Å². The zero-order valence-corrected chi connectivity index (χ0v) is 13.6. The highest BCUT2D eigenvalue weighted by Gasteiger charge is 2.12. The molecule has 1 aliphatic carbocycles. The molecule has 1 fully saturated rings. The molecule has 1 aromatic carbocycles. The van der Waals surface area contributed by atoms with Gasteiger partial charge in [-0.05, 0) is 49.4 Å². The summed E-state index contributed by atoms with van der Waals surface area (Å²) in [5.74, 6) is 1.91. The summed E-state index contributed by atoms with van der Waals surface area (Å²) in [6.07, 6.45) is 10.8. The van der Waals surface area contributed by atoms with Crippen molar-refractivity contribution in [3.63, 3.8) is 0 Å². The molecule has 0 heterocycles. The van der Waals surface area contributed by atoms with Crippen LogP contribution in [0.15, 0.2) is 24.3 Å². The Balaban J connectivity index is 1.67. The van der Waals surface area contributed by atoms with Crippen LogP contribution >= 0.6 is 0 Å².